The van der Waals surface area contributed by atoms with E-state index in [1.807, 2.05) is 37.3 Å². The first-order valence-electron chi connectivity index (χ1n) is 12.3. The van der Waals surface area contributed by atoms with Crippen LogP contribution in [0.5, 0.6) is 11.5 Å². The molecule has 0 aliphatic heterocycles. The summed E-state index contributed by atoms with van der Waals surface area (Å²) in [5.74, 6) is 2.39. The number of aryl methyl sites for hydroxylation is 1. The van der Waals surface area contributed by atoms with Crippen LogP contribution in [-0.2, 0) is 19.0 Å². The molecule has 0 unspecified atom stereocenters. The van der Waals surface area contributed by atoms with Crippen LogP contribution in [0.25, 0.3) is 16.7 Å². The summed E-state index contributed by atoms with van der Waals surface area (Å²) in [5, 5.41) is 12.0. The number of nitrogens with one attached hydrogen (secondary N) is 1. The van der Waals surface area contributed by atoms with Crippen molar-refractivity contribution in [2.24, 2.45) is 0 Å². The Kier molecular flexibility index (Phi) is 10.5. The van der Waals surface area contributed by atoms with Gasteiger partial charge in [-0.3, -0.25) is 9.20 Å². The van der Waals surface area contributed by atoms with Gasteiger partial charge in [0, 0.05) is 39.3 Å². The SMILES string of the molecule is COCCOc1cc2nc(NCCCCCC(=O)OC(C)C)c3nnc(C)n3c2cc1OCCOC. The Bertz CT molecular complexity index is 1130. The minimum atomic E-state index is -0.149. The third-order valence-electron chi connectivity index (χ3n) is 5.36. The summed E-state index contributed by atoms with van der Waals surface area (Å²) in [5.41, 5.74) is 2.17. The number of nitrogens with zero attached hydrogens (tertiary/aromatic N) is 4. The number of esters is 1. The van der Waals surface area contributed by atoms with Crippen molar-refractivity contribution in [3.63, 3.8) is 0 Å². The van der Waals surface area contributed by atoms with Gasteiger partial charge in [-0.25, -0.2) is 4.98 Å². The van der Waals surface area contributed by atoms with Gasteiger partial charge in [-0.1, -0.05) is 6.42 Å². The molecule has 0 saturated heterocycles. The lowest BCUT2D eigenvalue weighted by Gasteiger charge is -2.15. The van der Waals surface area contributed by atoms with E-state index < -0.39 is 0 Å². The molecule has 1 aromatic carbocycles. The molecule has 3 rings (SSSR count). The highest BCUT2D eigenvalue weighted by Gasteiger charge is 2.17. The maximum atomic E-state index is 11.7. The van der Waals surface area contributed by atoms with Crippen LogP contribution in [0, 0.1) is 6.92 Å². The molecule has 36 heavy (non-hydrogen) atoms. The van der Waals surface area contributed by atoms with Gasteiger partial charge < -0.3 is 29.0 Å². The number of anilines is 1. The number of hydrogen-bond acceptors (Lipinski definition) is 10. The van der Waals surface area contributed by atoms with Crippen molar-refractivity contribution < 1.29 is 28.5 Å². The molecular formula is C25H37N5O6. The molecule has 3 aromatic rings. The normalized spacial score (nSPS) is 11.4. The topological polar surface area (TPSA) is 118 Å². The van der Waals surface area contributed by atoms with Gasteiger partial charge in [-0.2, -0.15) is 0 Å². The molecule has 0 spiro atoms. The van der Waals surface area contributed by atoms with E-state index in [2.05, 4.69) is 15.5 Å². The molecule has 0 radical (unpaired) electrons. The van der Waals surface area contributed by atoms with Crippen molar-refractivity contribution in [3.05, 3.63) is 18.0 Å². The van der Waals surface area contributed by atoms with Gasteiger partial charge in [0.15, 0.2) is 17.3 Å². The Morgan fingerprint density at radius 2 is 1.67 bits per heavy atom. The molecule has 1 N–H and O–H groups in total. The van der Waals surface area contributed by atoms with Crippen molar-refractivity contribution in [2.45, 2.75) is 52.6 Å². The zero-order valence-corrected chi connectivity index (χ0v) is 21.8. The number of aromatic nitrogens is 4. The number of rotatable bonds is 16. The quantitative estimate of drug-likeness (QED) is 0.230. The number of methoxy groups -OCH3 is 2. The molecule has 0 atom stereocenters. The largest absolute Gasteiger partial charge is 0.487 e. The standard InChI is InChI=1S/C25H37N5O6/c1-17(2)36-23(31)9-7-6-8-10-26-24-25-29-28-18(3)30(25)20-16-22(35-14-12-33-5)21(15-19(20)27-24)34-13-11-32-4/h15-17H,6-14H2,1-5H3,(H,26,27). The van der Waals surface area contributed by atoms with Crippen molar-refractivity contribution in [1.29, 1.82) is 0 Å². The number of carbonyl (C=O) groups is 1. The molecule has 0 fully saturated rings. The lowest BCUT2D eigenvalue weighted by molar-refractivity contribution is -0.147. The smallest absolute Gasteiger partial charge is 0.306 e. The van der Waals surface area contributed by atoms with Crippen molar-refractivity contribution in [2.75, 3.05) is 52.5 Å². The molecule has 11 heteroatoms. The van der Waals surface area contributed by atoms with Gasteiger partial charge in [0.05, 0.1) is 30.4 Å². The fourth-order valence-electron chi connectivity index (χ4n) is 3.70. The lowest BCUT2D eigenvalue weighted by Crippen LogP contribution is -2.11. The number of unbranched alkanes of at least 4 members (excludes halogenated alkanes) is 2. The van der Waals surface area contributed by atoms with Crippen molar-refractivity contribution in [3.8, 4) is 11.5 Å². The monoisotopic (exact) mass is 503 g/mol. The average molecular weight is 504 g/mol. The summed E-state index contributed by atoms with van der Waals surface area (Å²) in [7, 11) is 3.26. The molecule has 2 aromatic heterocycles. The molecule has 11 nitrogen and oxygen atoms in total. The molecule has 0 saturated carbocycles. The van der Waals surface area contributed by atoms with Gasteiger partial charge in [-0.15, -0.1) is 10.2 Å². The summed E-state index contributed by atoms with van der Waals surface area (Å²) in [6.07, 6.45) is 2.92. The zero-order valence-electron chi connectivity index (χ0n) is 21.8. The Labute approximate surface area is 211 Å². The van der Waals surface area contributed by atoms with E-state index >= 15 is 0 Å². The summed E-state index contributed by atoms with van der Waals surface area (Å²) in [6, 6.07) is 3.75. The fraction of sp³-hybridized carbons (Fsp3) is 0.600. The van der Waals surface area contributed by atoms with E-state index in [4.69, 9.17) is 28.7 Å². The first-order chi connectivity index (χ1) is 17.4. The number of carbonyl (C=O) groups excluding carboxylic acids is 1. The highest BCUT2D eigenvalue weighted by Crippen LogP contribution is 2.34. The second kappa shape index (κ2) is 13.8. The summed E-state index contributed by atoms with van der Waals surface area (Å²) >= 11 is 0. The van der Waals surface area contributed by atoms with Crippen molar-refractivity contribution >= 4 is 28.5 Å². The van der Waals surface area contributed by atoms with Gasteiger partial charge in [0.25, 0.3) is 0 Å². The highest BCUT2D eigenvalue weighted by atomic mass is 16.6. The van der Waals surface area contributed by atoms with Crippen LogP contribution < -0.4 is 14.8 Å². The number of hydrogen-bond donors (Lipinski definition) is 1. The highest BCUT2D eigenvalue weighted by molar-refractivity contribution is 5.85. The molecular weight excluding hydrogens is 466 g/mol. The minimum Gasteiger partial charge on any atom is -0.487 e. The third kappa shape index (κ3) is 7.41. The van der Waals surface area contributed by atoms with Crippen molar-refractivity contribution in [1.82, 2.24) is 19.6 Å². The van der Waals surface area contributed by atoms with Gasteiger partial charge >= 0.3 is 5.97 Å². The molecule has 0 amide bonds. The van der Waals surface area contributed by atoms with Crippen LogP contribution in [0.2, 0.25) is 0 Å². The van der Waals surface area contributed by atoms with E-state index in [-0.39, 0.29) is 12.1 Å². The van der Waals surface area contributed by atoms with E-state index in [0.717, 1.165) is 36.1 Å². The van der Waals surface area contributed by atoms with Crippen LogP contribution in [0.4, 0.5) is 5.82 Å². The average Bonchev–Trinajstić information content (AvgIpc) is 3.23. The predicted molar refractivity (Wildman–Crippen MR) is 136 cm³/mol. The second-order valence-electron chi connectivity index (χ2n) is 8.61. The Hall–Kier alpha value is -3.18. The summed E-state index contributed by atoms with van der Waals surface area (Å²) < 4.78 is 29.2. The van der Waals surface area contributed by atoms with Crippen LogP contribution >= 0.6 is 0 Å². The van der Waals surface area contributed by atoms with E-state index in [9.17, 15) is 4.79 Å². The third-order valence-corrected chi connectivity index (χ3v) is 5.36. The summed E-state index contributed by atoms with van der Waals surface area (Å²) in [4.78, 5) is 16.5. The zero-order chi connectivity index (χ0) is 25.9. The summed E-state index contributed by atoms with van der Waals surface area (Å²) in [6.45, 7) is 7.97. The molecule has 0 aliphatic rings. The fourth-order valence-corrected chi connectivity index (χ4v) is 3.70. The molecule has 0 aliphatic carbocycles. The Balaban J connectivity index is 1.77. The molecule has 0 bridgehead atoms. The van der Waals surface area contributed by atoms with Gasteiger partial charge in [0.1, 0.15) is 19.0 Å². The van der Waals surface area contributed by atoms with E-state index in [0.29, 0.717) is 62.4 Å². The maximum absolute atomic E-state index is 11.7. The number of benzene rings is 1. The van der Waals surface area contributed by atoms with Crippen LogP contribution in [-0.4, -0.2) is 78.8 Å². The molecule has 198 valence electrons. The first kappa shape index (κ1) is 27.4. The molecule has 2 heterocycles. The predicted octanol–water partition coefficient (Wildman–Crippen LogP) is 3.56. The van der Waals surface area contributed by atoms with Gasteiger partial charge in [-0.05, 0) is 33.6 Å². The lowest BCUT2D eigenvalue weighted by atomic mass is 10.2. The second-order valence-corrected chi connectivity index (χ2v) is 8.61. The number of ether oxygens (including phenoxy) is 5. The van der Waals surface area contributed by atoms with Crippen LogP contribution in [0.15, 0.2) is 12.1 Å². The van der Waals surface area contributed by atoms with Crippen LogP contribution in [0.1, 0.15) is 45.4 Å². The minimum absolute atomic E-state index is 0.0777. The van der Waals surface area contributed by atoms with E-state index in [1.54, 1.807) is 14.2 Å². The van der Waals surface area contributed by atoms with Crippen LogP contribution in [0.3, 0.4) is 0 Å². The maximum Gasteiger partial charge on any atom is 0.306 e. The Morgan fingerprint density at radius 1 is 0.972 bits per heavy atom. The first-order valence-corrected chi connectivity index (χ1v) is 12.3. The van der Waals surface area contributed by atoms with Gasteiger partial charge in [0.2, 0.25) is 5.65 Å². The van der Waals surface area contributed by atoms with E-state index in [1.165, 1.54) is 0 Å². The Morgan fingerprint density at radius 3 is 2.33 bits per heavy atom. The number of fused-ring (bicyclic) bond motifs is 3.